The number of aliphatic hydroxyl groups is 1. The van der Waals surface area contributed by atoms with Crippen LogP contribution in [0.1, 0.15) is 63.4 Å². The van der Waals surface area contributed by atoms with Crippen LogP contribution in [0.2, 0.25) is 10.0 Å². The maximum absolute atomic E-state index is 9.52. The van der Waals surface area contributed by atoms with E-state index in [0.717, 1.165) is 18.4 Å². The summed E-state index contributed by atoms with van der Waals surface area (Å²) >= 11 is 12.1. The molecule has 1 aromatic carbocycles. The Balaban J connectivity index is 2.40. The molecule has 1 unspecified atom stereocenters. The van der Waals surface area contributed by atoms with Crippen LogP contribution in [-0.4, -0.2) is 11.7 Å². The number of hydrogen-bond acceptors (Lipinski definition) is 1. The third-order valence-corrected chi connectivity index (χ3v) is 4.09. The largest absolute Gasteiger partial charge is 0.396 e. The first-order valence-corrected chi connectivity index (χ1v) is 8.00. The van der Waals surface area contributed by atoms with Gasteiger partial charge in [-0.05, 0) is 24.1 Å². The number of unbranched alkanes of at least 4 members (excludes halogenated alkanes) is 5. The molecule has 1 rings (SSSR count). The first kappa shape index (κ1) is 16.8. The zero-order valence-electron chi connectivity index (χ0n) is 11.7. The molecule has 0 radical (unpaired) electrons. The third-order valence-electron chi connectivity index (χ3n) is 3.53. The SMILES string of the molecule is CCCCCCCCC(CO)c1ccc(Cl)cc1Cl. The molecule has 0 amide bonds. The molecule has 0 saturated carbocycles. The van der Waals surface area contributed by atoms with Gasteiger partial charge >= 0.3 is 0 Å². The normalized spacial score (nSPS) is 12.6. The van der Waals surface area contributed by atoms with Crippen molar-refractivity contribution < 1.29 is 5.11 Å². The van der Waals surface area contributed by atoms with Crippen LogP contribution in [0.4, 0.5) is 0 Å². The van der Waals surface area contributed by atoms with Crippen LogP contribution < -0.4 is 0 Å². The van der Waals surface area contributed by atoms with E-state index in [9.17, 15) is 5.11 Å². The minimum absolute atomic E-state index is 0.135. The van der Waals surface area contributed by atoms with E-state index in [1.54, 1.807) is 6.07 Å². The van der Waals surface area contributed by atoms with Crippen molar-refractivity contribution in [2.45, 2.75) is 57.8 Å². The molecule has 1 atom stereocenters. The summed E-state index contributed by atoms with van der Waals surface area (Å²) < 4.78 is 0. The Kier molecular flexibility index (Phi) is 8.52. The van der Waals surface area contributed by atoms with Gasteiger partial charge in [0.15, 0.2) is 0 Å². The highest BCUT2D eigenvalue weighted by atomic mass is 35.5. The maximum atomic E-state index is 9.52. The standard InChI is InChI=1S/C16H24Cl2O/c1-2-3-4-5-6-7-8-13(12-19)15-10-9-14(17)11-16(15)18/h9-11,13,19H,2-8,12H2,1H3. The summed E-state index contributed by atoms with van der Waals surface area (Å²) in [6.07, 6.45) is 8.59. The van der Waals surface area contributed by atoms with Crippen molar-refractivity contribution in [2.75, 3.05) is 6.61 Å². The Labute approximate surface area is 126 Å². The van der Waals surface area contributed by atoms with Crippen LogP contribution in [0.15, 0.2) is 18.2 Å². The van der Waals surface area contributed by atoms with Gasteiger partial charge in [0.1, 0.15) is 0 Å². The fourth-order valence-electron chi connectivity index (χ4n) is 2.35. The molecular formula is C16H24Cl2O. The van der Waals surface area contributed by atoms with Crippen LogP contribution in [0.3, 0.4) is 0 Å². The van der Waals surface area contributed by atoms with Crippen LogP contribution in [-0.2, 0) is 0 Å². The lowest BCUT2D eigenvalue weighted by molar-refractivity contribution is 0.256. The number of benzene rings is 1. The molecule has 0 fully saturated rings. The third kappa shape index (κ3) is 6.16. The Morgan fingerprint density at radius 2 is 1.74 bits per heavy atom. The summed E-state index contributed by atoms with van der Waals surface area (Å²) in [6.45, 7) is 2.38. The van der Waals surface area contributed by atoms with Crippen molar-refractivity contribution >= 4 is 23.2 Å². The summed E-state index contributed by atoms with van der Waals surface area (Å²) in [5.74, 6) is 0.135. The second-order valence-corrected chi connectivity index (χ2v) is 5.95. The molecule has 0 aliphatic heterocycles. The molecule has 0 aromatic heterocycles. The Bertz CT molecular complexity index is 366. The predicted octanol–water partition coefficient (Wildman–Crippen LogP) is 5.82. The quantitative estimate of drug-likeness (QED) is 0.570. The van der Waals surface area contributed by atoms with Crippen molar-refractivity contribution in [2.24, 2.45) is 0 Å². The molecule has 1 aromatic rings. The number of hydrogen-bond donors (Lipinski definition) is 1. The lowest BCUT2D eigenvalue weighted by atomic mass is 9.93. The summed E-state index contributed by atoms with van der Waals surface area (Å²) in [5, 5.41) is 10.8. The van der Waals surface area contributed by atoms with Gasteiger partial charge in [0, 0.05) is 22.6 Å². The molecule has 0 saturated heterocycles. The molecular weight excluding hydrogens is 279 g/mol. The van der Waals surface area contributed by atoms with E-state index in [-0.39, 0.29) is 12.5 Å². The Morgan fingerprint density at radius 3 is 2.37 bits per heavy atom. The molecule has 108 valence electrons. The summed E-state index contributed by atoms with van der Waals surface area (Å²) in [6, 6.07) is 5.53. The van der Waals surface area contributed by atoms with Gasteiger partial charge in [-0.3, -0.25) is 0 Å². The van der Waals surface area contributed by atoms with Crippen molar-refractivity contribution in [1.82, 2.24) is 0 Å². The average Bonchev–Trinajstić information content (AvgIpc) is 2.39. The second kappa shape index (κ2) is 9.63. The molecule has 0 aliphatic carbocycles. The van der Waals surface area contributed by atoms with Gasteiger partial charge in [-0.1, -0.05) is 74.7 Å². The predicted molar refractivity (Wildman–Crippen MR) is 84.3 cm³/mol. The van der Waals surface area contributed by atoms with Gasteiger partial charge in [-0.25, -0.2) is 0 Å². The van der Waals surface area contributed by atoms with Crippen molar-refractivity contribution in [3.8, 4) is 0 Å². The first-order chi connectivity index (χ1) is 9.19. The fraction of sp³-hybridized carbons (Fsp3) is 0.625. The van der Waals surface area contributed by atoms with Gasteiger partial charge in [0.2, 0.25) is 0 Å². The lowest BCUT2D eigenvalue weighted by Crippen LogP contribution is -2.05. The molecule has 0 spiro atoms. The summed E-state index contributed by atoms with van der Waals surface area (Å²) in [7, 11) is 0. The van der Waals surface area contributed by atoms with E-state index >= 15 is 0 Å². The van der Waals surface area contributed by atoms with Gasteiger partial charge < -0.3 is 5.11 Å². The molecule has 1 N–H and O–H groups in total. The molecule has 3 heteroatoms. The van der Waals surface area contributed by atoms with Crippen molar-refractivity contribution in [3.63, 3.8) is 0 Å². The maximum Gasteiger partial charge on any atom is 0.0500 e. The number of aliphatic hydroxyl groups excluding tert-OH is 1. The fourth-order valence-corrected chi connectivity index (χ4v) is 2.91. The summed E-state index contributed by atoms with van der Waals surface area (Å²) in [5.41, 5.74) is 1.02. The highest BCUT2D eigenvalue weighted by Gasteiger charge is 2.13. The van der Waals surface area contributed by atoms with Crippen LogP contribution in [0.25, 0.3) is 0 Å². The van der Waals surface area contributed by atoms with Gasteiger partial charge in [-0.2, -0.15) is 0 Å². The van der Waals surface area contributed by atoms with Gasteiger partial charge in [-0.15, -0.1) is 0 Å². The highest BCUT2D eigenvalue weighted by Crippen LogP contribution is 2.30. The van der Waals surface area contributed by atoms with E-state index < -0.39 is 0 Å². The molecule has 0 aliphatic rings. The van der Waals surface area contributed by atoms with Crippen molar-refractivity contribution in [1.29, 1.82) is 0 Å². The summed E-state index contributed by atoms with van der Waals surface area (Å²) in [4.78, 5) is 0. The van der Waals surface area contributed by atoms with Crippen LogP contribution >= 0.6 is 23.2 Å². The monoisotopic (exact) mass is 302 g/mol. The minimum Gasteiger partial charge on any atom is -0.396 e. The average molecular weight is 303 g/mol. The first-order valence-electron chi connectivity index (χ1n) is 7.24. The smallest absolute Gasteiger partial charge is 0.0500 e. The van der Waals surface area contributed by atoms with E-state index in [2.05, 4.69) is 6.92 Å². The zero-order valence-corrected chi connectivity index (χ0v) is 13.2. The van der Waals surface area contributed by atoms with E-state index in [1.165, 1.54) is 32.1 Å². The molecule has 0 bridgehead atoms. The van der Waals surface area contributed by atoms with Crippen LogP contribution in [0, 0.1) is 0 Å². The zero-order chi connectivity index (χ0) is 14.1. The number of halogens is 2. The highest BCUT2D eigenvalue weighted by molar-refractivity contribution is 6.35. The number of rotatable bonds is 9. The van der Waals surface area contributed by atoms with E-state index in [0.29, 0.717) is 10.0 Å². The Hall–Kier alpha value is -0.240. The second-order valence-electron chi connectivity index (χ2n) is 5.10. The van der Waals surface area contributed by atoms with Crippen LogP contribution in [0.5, 0.6) is 0 Å². The molecule has 1 nitrogen and oxygen atoms in total. The molecule has 0 heterocycles. The Morgan fingerprint density at radius 1 is 1.05 bits per heavy atom. The topological polar surface area (TPSA) is 20.2 Å². The van der Waals surface area contributed by atoms with Gasteiger partial charge in [0.05, 0.1) is 0 Å². The minimum atomic E-state index is 0.135. The van der Waals surface area contributed by atoms with Gasteiger partial charge in [0.25, 0.3) is 0 Å². The van der Waals surface area contributed by atoms with Crippen molar-refractivity contribution in [3.05, 3.63) is 33.8 Å². The lowest BCUT2D eigenvalue weighted by Gasteiger charge is -2.16. The molecule has 19 heavy (non-hydrogen) atoms. The van der Waals surface area contributed by atoms with E-state index in [1.807, 2.05) is 12.1 Å². The van der Waals surface area contributed by atoms with E-state index in [4.69, 9.17) is 23.2 Å².